The third-order valence-electron chi connectivity index (χ3n) is 5.55. The quantitative estimate of drug-likeness (QED) is 0.362. The van der Waals surface area contributed by atoms with E-state index in [1.54, 1.807) is 0 Å². The first-order valence-corrected chi connectivity index (χ1v) is 11.1. The number of benzene rings is 3. The normalized spacial score (nSPS) is 10.9. The van der Waals surface area contributed by atoms with Crippen molar-refractivity contribution >= 4 is 16.9 Å². The van der Waals surface area contributed by atoms with E-state index in [0.29, 0.717) is 18.7 Å². The van der Waals surface area contributed by atoms with E-state index in [4.69, 9.17) is 9.72 Å². The molecule has 164 valence electrons. The third-order valence-corrected chi connectivity index (χ3v) is 5.55. The van der Waals surface area contributed by atoms with Crippen LogP contribution in [0, 0.1) is 13.8 Å². The van der Waals surface area contributed by atoms with Crippen LogP contribution in [-0.2, 0) is 13.1 Å². The first kappa shape index (κ1) is 21.6. The zero-order valence-electron chi connectivity index (χ0n) is 18.7. The molecule has 0 aliphatic heterocycles. The monoisotopic (exact) mass is 427 g/mol. The molecule has 0 bridgehead atoms. The third kappa shape index (κ3) is 5.17. The van der Waals surface area contributed by atoms with Crippen LogP contribution in [0.5, 0.6) is 5.75 Å². The number of para-hydroxylation sites is 2. The summed E-state index contributed by atoms with van der Waals surface area (Å²) in [6.07, 6.45) is 1.90. The second-order valence-corrected chi connectivity index (χ2v) is 8.04. The number of imidazole rings is 1. The molecule has 0 unspecified atom stereocenters. The number of carbonyl (C=O) groups excluding carboxylic acids is 1. The number of ether oxygens (including phenoxy) is 1. The van der Waals surface area contributed by atoms with Crippen LogP contribution in [-0.4, -0.2) is 22.1 Å². The molecule has 3 aromatic carbocycles. The molecule has 0 radical (unpaired) electrons. The van der Waals surface area contributed by atoms with E-state index in [-0.39, 0.29) is 5.91 Å². The maximum atomic E-state index is 12.5. The van der Waals surface area contributed by atoms with E-state index in [1.807, 2.05) is 48.5 Å². The zero-order chi connectivity index (χ0) is 22.3. The lowest BCUT2D eigenvalue weighted by molar-refractivity contribution is 0.0949. The topological polar surface area (TPSA) is 56.1 Å². The summed E-state index contributed by atoms with van der Waals surface area (Å²) in [7, 11) is 0. The number of aromatic nitrogens is 2. The second kappa shape index (κ2) is 10.1. The molecule has 0 aliphatic rings. The summed E-state index contributed by atoms with van der Waals surface area (Å²) in [5.74, 6) is 1.74. The fourth-order valence-electron chi connectivity index (χ4n) is 3.78. The molecule has 4 aromatic rings. The molecule has 0 spiro atoms. The van der Waals surface area contributed by atoms with Crippen LogP contribution >= 0.6 is 0 Å². The van der Waals surface area contributed by atoms with E-state index in [2.05, 4.69) is 48.0 Å². The molecule has 1 aromatic heterocycles. The smallest absolute Gasteiger partial charge is 0.251 e. The summed E-state index contributed by atoms with van der Waals surface area (Å²) >= 11 is 0. The number of nitrogens with one attached hydrogen (secondary N) is 1. The van der Waals surface area contributed by atoms with Gasteiger partial charge in [0.1, 0.15) is 11.6 Å². The van der Waals surface area contributed by atoms with Gasteiger partial charge in [-0.3, -0.25) is 4.79 Å². The Morgan fingerprint density at radius 3 is 2.59 bits per heavy atom. The van der Waals surface area contributed by atoms with Gasteiger partial charge in [-0.1, -0.05) is 42.5 Å². The summed E-state index contributed by atoms with van der Waals surface area (Å²) in [5.41, 5.74) is 5.05. The van der Waals surface area contributed by atoms with E-state index in [0.717, 1.165) is 47.6 Å². The average molecular weight is 428 g/mol. The highest BCUT2D eigenvalue weighted by Gasteiger charge is 2.12. The van der Waals surface area contributed by atoms with Gasteiger partial charge in [0.2, 0.25) is 0 Å². The molecule has 1 N–H and O–H groups in total. The second-order valence-electron chi connectivity index (χ2n) is 8.04. The number of carbonyl (C=O) groups is 1. The molecule has 0 aliphatic carbocycles. The zero-order valence-corrected chi connectivity index (χ0v) is 18.7. The van der Waals surface area contributed by atoms with E-state index in [1.165, 1.54) is 5.56 Å². The lowest BCUT2D eigenvalue weighted by Crippen LogP contribution is -2.24. The number of hydrogen-bond donors (Lipinski definition) is 1. The minimum Gasteiger partial charge on any atom is -0.493 e. The molecule has 4 rings (SSSR count). The number of fused-ring (bicyclic) bond motifs is 1. The Kier molecular flexibility index (Phi) is 6.85. The van der Waals surface area contributed by atoms with Gasteiger partial charge in [0.15, 0.2) is 0 Å². The van der Waals surface area contributed by atoms with Crippen LogP contribution in [0.2, 0.25) is 0 Å². The van der Waals surface area contributed by atoms with Crippen molar-refractivity contribution in [2.75, 3.05) is 6.61 Å². The number of unbranched alkanes of at least 4 members (excludes halogenated alkanes) is 1. The molecule has 0 fully saturated rings. The number of hydrogen-bond acceptors (Lipinski definition) is 3. The largest absolute Gasteiger partial charge is 0.493 e. The van der Waals surface area contributed by atoms with Crippen molar-refractivity contribution in [2.24, 2.45) is 0 Å². The van der Waals surface area contributed by atoms with Crippen molar-refractivity contribution < 1.29 is 9.53 Å². The van der Waals surface area contributed by atoms with Gasteiger partial charge in [-0.25, -0.2) is 4.98 Å². The Labute approximate surface area is 189 Å². The van der Waals surface area contributed by atoms with Gasteiger partial charge in [-0.05, 0) is 68.1 Å². The Morgan fingerprint density at radius 2 is 1.75 bits per heavy atom. The fourth-order valence-corrected chi connectivity index (χ4v) is 3.78. The van der Waals surface area contributed by atoms with Crippen molar-refractivity contribution in [3.63, 3.8) is 0 Å². The lowest BCUT2D eigenvalue weighted by Gasteiger charge is -2.12. The van der Waals surface area contributed by atoms with Gasteiger partial charge >= 0.3 is 0 Å². The molecule has 5 heteroatoms. The average Bonchev–Trinajstić information content (AvgIpc) is 3.17. The SMILES string of the molecule is Cc1ccc(C)c(OCCCCn2c(CNC(=O)c3ccccc3)nc3ccccc32)c1. The molecule has 0 saturated heterocycles. The predicted octanol–water partition coefficient (Wildman–Crippen LogP) is 5.44. The van der Waals surface area contributed by atoms with Crippen molar-refractivity contribution in [1.82, 2.24) is 14.9 Å². The summed E-state index contributed by atoms with van der Waals surface area (Å²) in [5, 5.41) is 3.00. The van der Waals surface area contributed by atoms with E-state index in [9.17, 15) is 4.79 Å². The van der Waals surface area contributed by atoms with Crippen LogP contribution < -0.4 is 10.1 Å². The highest BCUT2D eigenvalue weighted by Crippen LogP contribution is 2.20. The summed E-state index contributed by atoms with van der Waals surface area (Å²) in [4.78, 5) is 17.2. The fraction of sp³-hybridized carbons (Fsp3) is 0.259. The maximum absolute atomic E-state index is 12.5. The first-order chi connectivity index (χ1) is 15.6. The lowest BCUT2D eigenvalue weighted by atomic mass is 10.1. The highest BCUT2D eigenvalue weighted by atomic mass is 16.5. The van der Waals surface area contributed by atoms with Crippen LogP contribution in [0.15, 0.2) is 72.8 Å². The van der Waals surface area contributed by atoms with Crippen molar-refractivity contribution in [3.8, 4) is 5.75 Å². The Balaban J connectivity index is 1.38. The Bertz CT molecular complexity index is 1200. The minimum atomic E-state index is -0.0915. The van der Waals surface area contributed by atoms with Crippen LogP contribution in [0.3, 0.4) is 0 Å². The summed E-state index contributed by atoms with van der Waals surface area (Å²) < 4.78 is 8.21. The molecule has 1 heterocycles. The summed E-state index contributed by atoms with van der Waals surface area (Å²) in [6, 6.07) is 23.7. The molecule has 5 nitrogen and oxygen atoms in total. The number of amides is 1. The van der Waals surface area contributed by atoms with Crippen molar-refractivity contribution in [1.29, 1.82) is 0 Å². The first-order valence-electron chi connectivity index (χ1n) is 11.1. The van der Waals surface area contributed by atoms with Gasteiger partial charge in [0, 0.05) is 12.1 Å². The molecular weight excluding hydrogens is 398 g/mol. The predicted molar refractivity (Wildman–Crippen MR) is 128 cm³/mol. The Hall–Kier alpha value is -3.60. The molecular formula is C27H29N3O2. The van der Waals surface area contributed by atoms with Crippen LogP contribution in [0.4, 0.5) is 0 Å². The molecule has 32 heavy (non-hydrogen) atoms. The number of aryl methyl sites for hydroxylation is 3. The van der Waals surface area contributed by atoms with Gasteiger partial charge in [-0.2, -0.15) is 0 Å². The molecule has 1 amide bonds. The standard InChI is InChI=1S/C27H29N3O2/c1-20-14-15-21(2)25(18-20)32-17-9-8-16-30-24-13-7-6-12-23(24)29-26(30)19-28-27(31)22-10-4-3-5-11-22/h3-7,10-15,18H,8-9,16-17,19H2,1-2H3,(H,28,31). The number of rotatable bonds is 9. The van der Waals surface area contributed by atoms with Gasteiger partial charge in [0.25, 0.3) is 5.91 Å². The van der Waals surface area contributed by atoms with Gasteiger partial charge in [-0.15, -0.1) is 0 Å². The Morgan fingerprint density at radius 1 is 0.969 bits per heavy atom. The van der Waals surface area contributed by atoms with E-state index >= 15 is 0 Å². The highest BCUT2D eigenvalue weighted by molar-refractivity contribution is 5.94. The molecule has 0 atom stereocenters. The van der Waals surface area contributed by atoms with Crippen molar-refractivity contribution in [3.05, 3.63) is 95.3 Å². The number of nitrogens with zero attached hydrogens (tertiary/aromatic N) is 2. The minimum absolute atomic E-state index is 0.0915. The maximum Gasteiger partial charge on any atom is 0.251 e. The van der Waals surface area contributed by atoms with Crippen LogP contribution in [0.25, 0.3) is 11.0 Å². The van der Waals surface area contributed by atoms with Crippen LogP contribution in [0.1, 0.15) is 40.2 Å². The van der Waals surface area contributed by atoms with Gasteiger partial charge < -0.3 is 14.6 Å². The van der Waals surface area contributed by atoms with Crippen molar-refractivity contribution in [2.45, 2.75) is 39.8 Å². The van der Waals surface area contributed by atoms with E-state index < -0.39 is 0 Å². The molecule has 0 saturated carbocycles. The van der Waals surface area contributed by atoms with Gasteiger partial charge in [0.05, 0.1) is 24.2 Å². The summed E-state index contributed by atoms with van der Waals surface area (Å²) in [6.45, 7) is 6.04.